The van der Waals surface area contributed by atoms with Crippen molar-refractivity contribution in [2.75, 3.05) is 13.2 Å². The maximum atomic E-state index is 9.90. The van der Waals surface area contributed by atoms with Crippen molar-refractivity contribution < 1.29 is 14.9 Å². The molecule has 3 heteroatoms. The zero-order valence-electron chi connectivity index (χ0n) is 9.47. The van der Waals surface area contributed by atoms with Crippen molar-refractivity contribution in [3.05, 3.63) is 42.5 Å². The van der Waals surface area contributed by atoms with Gasteiger partial charge in [-0.2, -0.15) is 0 Å². The molecule has 0 saturated carbocycles. The van der Waals surface area contributed by atoms with Crippen molar-refractivity contribution in [2.45, 2.75) is 13.0 Å². The third kappa shape index (κ3) is 3.36. The summed E-state index contributed by atoms with van der Waals surface area (Å²) in [5.41, 5.74) is 0.837. The van der Waals surface area contributed by atoms with E-state index in [-0.39, 0.29) is 19.1 Å². The van der Waals surface area contributed by atoms with Crippen LogP contribution in [0.2, 0.25) is 0 Å². The van der Waals surface area contributed by atoms with E-state index in [1.54, 1.807) is 18.2 Å². The van der Waals surface area contributed by atoms with Gasteiger partial charge in [-0.25, -0.2) is 0 Å². The zero-order valence-corrected chi connectivity index (χ0v) is 9.47. The van der Waals surface area contributed by atoms with Gasteiger partial charge >= 0.3 is 0 Å². The van der Waals surface area contributed by atoms with Crippen LogP contribution < -0.4 is 4.74 Å². The second-order valence-electron chi connectivity index (χ2n) is 3.68. The van der Waals surface area contributed by atoms with Crippen molar-refractivity contribution >= 4 is 0 Å². The number of rotatable bonds is 6. The molecular formula is C13H18O3. The highest BCUT2D eigenvalue weighted by Gasteiger charge is 2.12. The van der Waals surface area contributed by atoms with E-state index in [2.05, 4.69) is 6.58 Å². The normalized spacial score (nSPS) is 14.2. The first-order chi connectivity index (χ1) is 7.69. The maximum Gasteiger partial charge on any atom is 0.119 e. The second-order valence-corrected chi connectivity index (χ2v) is 3.68. The van der Waals surface area contributed by atoms with E-state index >= 15 is 0 Å². The topological polar surface area (TPSA) is 49.7 Å². The van der Waals surface area contributed by atoms with Crippen molar-refractivity contribution in [1.82, 2.24) is 0 Å². The van der Waals surface area contributed by atoms with Crippen LogP contribution in [-0.2, 0) is 0 Å². The van der Waals surface area contributed by atoms with Crippen LogP contribution in [-0.4, -0.2) is 23.4 Å². The summed E-state index contributed by atoms with van der Waals surface area (Å²) >= 11 is 0. The van der Waals surface area contributed by atoms with Crippen LogP contribution in [0.25, 0.3) is 0 Å². The Morgan fingerprint density at radius 1 is 1.38 bits per heavy atom. The molecule has 0 heterocycles. The molecule has 0 spiro atoms. The lowest BCUT2D eigenvalue weighted by Gasteiger charge is -2.15. The molecule has 1 rings (SSSR count). The highest BCUT2D eigenvalue weighted by molar-refractivity contribution is 5.29. The highest BCUT2D eigenvalue weighted by Crippen LogP contribution is 2.24. The molecule has 2 N–H and O–H groups in total. The summed E-state index contributed by atoms with van der Waals surface area (Å²) < 4.78 is 5.22. The molecule has 0 radical (unpaired) electrons. The molecule has 0 aromatic heterocycles. The predicted octanol–water partition coefficient (Wildman–Crippen LogP) is 1.91. The molecule has 2 atom stereocenters. The molecule has 0 unspecified atom stereocenters. The number of hydrogen-bond acceptors (Lipinski definition) is 3. The van der Waals surface area contributed by atoms with Crippen LogP contribution in [0.15, 0.2) is 36.9 Å². The van der Waals surface area contributed by atoms with E-state index in [1.165, 1.54) is 0 Å². The van der Waals surface area contributed by atoms with E-state index in [9.17, 15) is 5.11 Å². The number of aliphatic hydroxyl groups excluding tert-OH is 2. The first-order valence-electron chi connectivity index (χ1n) is 5.33. The van der Waals surface area contributed by atoms with Crippen molar-refractivity contribution in [2.24, 2.45) is 5.92 Å². The van der Waals surface area contributed by atoms with Gasteiger partial charge in [0.25, 0.3) is 0 Å². The summed E-state index contributed by atoms with van der Waals surface area (Å²) in [7, 11) is 0. The first-order valence-corrected chi connectivity index (χ1v) is 5.33. The molecule has 16 heavy (non-hydrogen) atoms. The summed E-state index contributed by atoms with van der Waals surface area (Å²) in [5.74, 6) is 0.709. The van der Waals surface area contributed by atoms with Crippen LogP contribution >= 0.6 is 0 Å². The van der Waals surface area contributed by atoms with Gasteiger partial charge in [0.05, 0.1) is 12.7 Å². The van der Waals surface area contributed by atoms with Crippen LogP contribution in [0.4, 0.5) is 0 Å². The monoisotopic (exact) mass is 222 g/mol. The molecule has 3 nitrogen and oxygen atoms in total. The van der Waals surface area contributed by atoms with Crippen molar-refractivity contribution in [3.8, 4) is 5.75 Å². The van der Waals surface area contributed by atoms with Crippen molar-refractivity contribution in [3.63, 3.8) is 0 Å². The van der Waals surface area contributed by atoms with Gasteiger partial charge in [-0.3, -0.25) is 0 Å². The van der Waals surface area contributed by atoms with Gasteiger partial charge in [0.1, 0.15) is 12.4 Å². The van der Waals surface area contributed by atoms with Gasteiger partial charge in [-0.15, -0.1) is 6.58 Å². The maximum absolute atomic E-state index is 9.90. The third-order valence-corrected chi connectivity index (χ3v) is 2.45. The highest BCUT2D eigenvalue weighted by atomic mass is 16.5. The molecular weight excluding hydrogens is 204 g/mol. The van der Waals surface area contributed by atoms with Gasteiger partial charge in [0, 0.05) is 5.92 Å². The Balaban J connectivity index is 2.66. The van der Waals surface area contributed by atoms with Gasteiger partial charge in [0.2, 0.25) is 0 Å². The van der Waals surface area contributed by atoms with Gasteiger partial charge < -0.3 is 14.9 Å². The number of aliphatic hydroxyl groups is 2. The molecule has 0 fully saturated rings. The minimum atomic E-state index is -0.538. The Hall–Kier alpha value is -1.32. The van der Waals surface area contributed by atoms with Crippen molar-refractivity contribution in [1.29, 1.82) is 0 Å². The van der Waals surface area contributed by atoms with E-state index < -0.39 is 6.10 Å². The predicted molar refractivity (Wildman–Crippen MR) is 63.3 cm³/mol. The quantitative estimate of drug-likeness (QED) is 0.723. The van der Waals surface area contributed by atoms with Gasteiger partial charge in [-0.05, 0) is 17.7 Å². The number of ether oxygens (including phenoxy) is 1. The Morgan fingerprint density at radius 3 is 2.50 bits per heavy atom. The lowest BCUT2D eigenvalue weighted by molar-refractivity contribution is 0.139. The summed E-state index contributed by atoms with van der Waals surface area (Å²) in [6.07, 6.45) is 1.19. The van der Waals surface area contributed by atoms with E-state index in [4.69, 9.17) is 9.84 Å². The minimum absolute atomic E-state index is 0.00211. The smallest absolute Gasteiger partial charge is 0.119 e. The summed E-state index contributed by atoms with van der Waals surface area (Å²) in [4.78, 5) is 0. The third-order valence-electron chi connectivity index (χ3n) is 2.45. The van der Waals surface area contributed by atoms with E-state index in [0.29, 0.717) is 5.75 Å². The number of benzene rings is 1. The Bertz CT molecular complexity index is 318. The lowest BCUT2D eigenvalue weighted by Crippen LogP contribution is -2.06. The standard InChI is InChI=1S/C13H18O3/c1-3-10(2)13(15)11-4-6-12(7-5-11)16-9-8-14/h3-7,10,13-15H,1,8-9H2,2H3/t10-,13-/m0/s1. The number of hydrogen-bond donors (Lipinski definition) is 2. The SMILES string of the molecule is C=C[C@H](C)[C@H](O)c1ccc(OCCO)cc1. The van der Waals surface area contributed by atoms with Crippen LogP contribution in [0.1, 0.15) is 18.6 Å². The van der Waals surface area contributed by atoms with Gasteiger partial charge in [0.15, 0.2) is 0 Å². The Labute approximate surface area is 96.0 Å². The molecule has 88 valence electrons. The van der Waals surface area contributed by atoms with E-state index in [0.717, 1.165) is 5.56 Å². The molecule has 0 aliphatic carbocycles. The van der Waals surface area contributed by atoms with Gasteiger partial charge in [-0.1, -0.05) is 25.1 Å². The summed E-state index contributed by atoms with van der Waals surface area (Å²) in [6.45, 7) is 5.84. The second kappa shape index (κ2) is 6.30. The van der Waals surface area contributed by atoms with E-state index in [1.807, 2.05) is 19.1 Å². The Kier molecular flexibility index (Phi) is 5.02. The molecule has 0 aliphatic rings. The minimum Gasteiger partial charge on any atom is -0.491 e. The largest absolute Gasteiger partial charge is 0.491 e. The van der Waals surface area contributed by atoms with Crippen LogP contribution in [0.3, 0.4) is 0 Å². The molecule has 0 bridgehead atoms. The van der Waals surface area contributed by atoms with Crippen LogP contribution in [0.5, 0.6) is 5.75 Å². The fraction of sp³-hybridized carbons (Fsp3) is 0.385. The lowest BCUT2D eigenvalue weighted by atomic mass is 9.98. The average Bonchev–Trinajstić information content (AvgIpc) is 2.35. The molecule has 1 aromatic rings. The molecule has 0 aliphatic heterocycles. The zero-order chi connectivity index (χ0) is 12.0. The molecule has 1 aromatic carbocycles. The van der Waals surface area contributed by atoms with Crippen LogP contribution in [0, 0.1) is 5.92 Å². The molecule has 0 saturated heterocycles. The first kappa shape index (κ1) is 12.7. The fourth-order valence-corrected chi connectivity index (χ4v) is 1.36. The summed E-state index contributed by atoms with van der Waals surface area (Å²) in [6, 6.07) is 7.20. The average molecular weight is 222 g/mol. The molecule has 0 amide bonds. The summed E-state index contributed by atoms with van der Waals surface area (Å²) in [5, 5.41) is 18.5. The fourth-order valence-electron chi connectivity index (χ4n) is 1.36. The Morgan fingerprint density at radius 2 is 2.00 bits per heavy atom.